The summed E-state index contributed by atoms with van der Waals surface area (Å²) in [4.78, 5) is 252. The van der Waals surface area contributed by atoms with Crippen molar-refractivity contribution in [3.63, 3.8) is 0 Å². The van der Waals surface area contributed by atoms with Crippen molar-refractivity contribution in [2.24, 2.45) is 4.99 Å². The molecule has 0 saturated carbocycles. The summed E-state index contributed by atoms with van der Waals surface area (Å²) in [6.45, 7) is 7.72. The minimum absolute atomic E-state index is 0. The number of aromatic amines is 2. The van der Waals surface area contributed by atoms with Crippen molar-refractivity contribution >= 4 is 135 Å². The van der Waals surface area contributed by atoms with Crippen molar-refractivity contribution in [1.29, 1.82) is 0 Å². The third-order valence-electron chi connectivity index (χ3n) is 18.5. The Morgan fingerprint density at radius 1 is 0.529 bits per heavy atom. The molecule has 3 aliphatic heterocycles. The van der Waals surface area contributed by atoms with Crippen molar-refractivity contribution in [1.82, 2.24) is 49.3 Å². The van der Waals surface area contributed by atoms with Crippen LogP contribution < -0.4 is 63.3 Å². The molecule has 0 radical (unpaired) electrons. The number of halogens is 1. The maximum Gasteiger partial charge on any atom is 1.00 e. The van der Waals surface area contributed by atoms with Gasteiger partial charge in [-0.2, -0.15) is 16.2 Å². The van der Waals surface area contributed by atoms with E-state index in [0.29, 0.717) is 4.91 Å². The second-order valence-electron chi connectivity index (χ2n) is 27.7. The summed E-state index contributed by atoms with van der Waals surface area (Å²) in [5, 5.41) is 63.4. The summed E-state index contributed by atoms with van der Waals surface area (Å²) < 4.78 is 60.7. The number of aliphatic imine (C=N–C) groups is 1. The first kappa shape index (κ1) is 104. The molecule has 3 unspecified atom stereocenters. The molecule has 48 heteroatoms. The van der Waals surface area contributed by atoms with E-state index in [1.165, 1.54) is 125 Å². The minimum Gasteiger partial charge on any atom is -0.525 e. The number of rotatable bonds is 14. The van der Waals surface area contributed by atoms with Gasteiger partial charge in [-0.1, -0.05) is 59.0 Å². The molecule has 0 bridgehead atoms. The number of carbonyl (C=O) groups excluding carboxylic acids is 18. The Labute approximate surface area is 802 Å². The largest absolute Gasteiger partial charge is 1.00 e. The van der Waals surface area contributed by atoms with Gasteiger partial charge in [-0.05, 0) is 65.6 Å². The Bertz CT molecular complexity index is 6290. The second kappa shape index (κ2) is 48.9. The molecule has 7 heterocycles. The van der Waals surface area contributed by atoms with Crippen LogP contribution in [-0.2, 0) is 62.1 Å². The molecule has 2 saturated heterocycles. The van der Waals surface area contributed by atoms with Crippen molar-refractivity contribution < 1.29 is 200 Å². The second-order valence-corrected chi connectivity index (χ2v) is 27.7. The number of aliphatic hydroxyl groups is 5. The predicted octanol–water partition coefficient (Wildman–Crippen LogP) is 1.01. The molecule has 9 atom stereocenters. The minimum atomic E-state index is -1.88. The van der Waals surface area contributed by atoms with Gasteiger partial charge in [0, 0.05) is 143 Å². The zero-order valence-electron chi connectivity index (χ0n) is 72.9. The van der Waals surface area contributed by atoms with Gasteiger partial charge in [0.05, 0.1) is 63.3 Å². The summed E-state index contributed by atoms with van der Waals surface area (Å²) in [5.41, 5.74) is -2.83. The first-order valence-electron chi connectivity index (χ1n) is 39.3. The molecule has 46 nitrogen and oxygen atoms in total. The molecule has 4 aromatic heterocycles. The van der Waals surface area contributed by atoms with Gasteiger partial charge < -0.3 is 93.3 Å². The number of amides is 2. The zero-order valence-corrected chi connectivity index (χ0v) is 76.1. The number of alkyl halides is 1. The Morgan fingerprint density at radius 2 is 0.926 bits per heavy atom. The van der Waals surface area contributed by atoms with Gasteiger partial charge in [0.15, 0.2) is 29.9 Å². The number of fused-ring (bicyclic) bond motifs is 6. The fourth-order valence-electron chi connectivity index (χ4n) is 13.2. The van der Waals surface area contributed by atoms with Crippen LogP contribution in [0.5, 0.6) is 34.5 Å². The first-order chi connectivity index (χ1) is 64.8. The van der Waals surface area contributed by atoms with Gasteiger partial charge in [0.1, 0.15) is 84.2 Å². The molecule has 6 aromatic carbocycles. The van der Waals surface area contributed by atoms with Crippen LogP contribution in [0, 0.1) is 12.8 Å². The molecule has 16 rings (SSSR count). The third-order valence-corrected chi connectivity index (χ3v) is 18.5. The molecule has 698 valence electrons. The number of ether oxygens (including phenoxy) is 10. The molecule has 3 aliphatic carbocycles. The Balaban J connectivity index is 0.000000226. The number of carbonyl (C=O) groups is 17. The number of H-pyrrole nitrogens is 2. The van der Waals surface area contributed by atoms with Crippen molar-refractivity contribution in [2.45, 2.75) is 104 Å². The van der Waals surface area contributed by atoms with Crippen LogP contribution in [0.4, 0.5) is 4.79 Å². The average molecular weight is 2000 g/mol. The molecule has 9 N–H and O–H groups in total. The number of hydrogen-bond donors (Lipinski definition) is 9. The molecule has 6 aliphatic rings. The molecule has 2 fully saturated rings. The molecular weight excluding hydrogens is 1920 g/mol. The van der Waals surface area contributed by atoms with Gasteiger partial charge >= 0.3 is 89.5 Å². The van der Waals surface area contributed by atoms with Gasteiger partial charge in [-0.15, -0.1) is 4.90 Å². The number of aromatic carboxylic acids is 1. The quantitative estimate of drug-likeness (QED) is 0.0183. The first-order valence-corrected chi connectivity index (χ1v) is 40.1. The Hall–Kier alpha value is -15.3. The number of carboxylic acid groups (broad SMARTS) is 1. The number of hydrogen-bond acceptors (Lipinski definition) is 39. The Kier molecular flexibility index (Phi) is 37.5. The van der Waals surface area contributed by atoms with E-state index in [2.05, 4.69) is 46.4 Å². The third kappa shape index (κ3) is 25.9. The number of nitrogens with one attached hydrogen (secondary N) is 3. The summed E-state index contributed by atoms with van der Waals surface area (Å²) in [6, 6.07) is 17.2. The van der Waals surface area contributed by atoms with Crippen LogP contribution in [0.3, 0.4) is 0 Å². The Morgan fingerprint density at radius 3 is 1.29 bits per heavy atom. The maximum absolute atomic E-state index is 13.6. The summed E-state index contributed by atoms with van der Waals surface area (Å²) in [7, 11) is 0. The number of nitrogens with zero attached hydrogens (tertiary/aromatic N) is 8. The van der Waals surface area contributed by atoms with Crippen LogP contribution in [0.15, 0.2) is 177 Å². The van der Waals surface area contributed by atoms with E-state index in [9.17, 15) is 112 Å². The number of ketones is 6. The maximum atomic E-state index is 13.6. The fraction of sp³-hybridized carbons (Fsp3) is 0.205. The monoisotopic (exact) mass is 2000 g/mol. The van der Waals surface area contributed by atoms with E-state index in [-0.39, 0.29) is 154 Å². The van der Waals surface area contributed by atoms with E-state index in [0.717, 1.165) is 72.4 Å². The normalized spacial score (nSPS) is 17.8. The van der Waals surface area contributed by atoms with E-state index in [1.807, 2.05) is 22.6 Å². The van der Waals surface area contributed by atoms with Gasteiger partial charge in [0.25, 0.3) is 12.2 Å². The van der Waals surface area contributed by atoms with Crippen molar-refractivity contribution in [2.75, 3.05) is 11.5 Å². The number of esters is 7. The predicted molar refractivity (Wildman–Crippen MR) is 456 cm³/mol. The molecular formula is C88H74IN11NaO35+. The summed E-state index contributed by atoms with van der Waals surface area (Å²) >= 11 is 1.96. The molecule has 10 aromatic rings. The SMILES string of the molecule is CC(=O)N[C@@H]1C(O)OC(COC(=O)c2cc(OC(C)=O)c3c(c2)C(=O)c2cccc(OC(C)=O)c2C3=O)[C@@H](O)[C@@H]1OC1O[CH-][C@@H](O)[C@H](O)[C@@H]1O.CC(=O)Oc1cccc2c1C(=O)c1c(OC(C)=O)cc(C(=O)O)cc1C2=O.CC(=O)Oc1cccc2c1C(=O)c1c(OC(C)=O)cc(C(=O)n3ccnc3)cc1C2=O.O=C(N1C=[C+]N=C1)n1ccnc1.O=C=O.[2H]CI.[Na+].c1c[nH]cn1.c1c[nH]cn1. The number of imidazole rings is 4. The van der Waals surface area contributed by atoms with E-state index in [1.54, 1.807) is 49.8 Å². The summed E-state index contributed by atoms with van der Waals surface area (Å²) in [5.74, 6) is -14.0. The van der Waals surface area contributed by atoms with E-state index >= 15 is 0 Å². The van der Waals surface area contributed by atoms with Gasteiger partial charge in [-0.25, -0.2) is 34.3 Å². The van der Waals surface area contributed by atoms with Gasteiger partial charge in [-0.3, -0.25) is 76.3 Å². The van der Waals surface area contributed by atoms with Crippen LogP contribution in [0.1, 0.15) is 176 Å². The molecule has 136 heavy (non-hydrogen) atoms. The standard InChI is InChI=1S/C32H32NO17.C22H14N2O7.C19H12O8.C7H5N4O.2C3H4N2.CH3I.CO2.Na/c1-11(34)33-23-29(50-32-28(42)25(39)17(37)9-46-32)26(40)20(49-31(23)44)10-45-30(43)14-7-16-22(19(8-14)48-13(3)36)27(41)21-15(24(16)38)5-4-6-18(21)47-12(2)35;1-11(25)30-16-5-3-4-14-18(16)21(28)19-15(20(14)27)8-13(9-17(19)31-12(2)26)22(29)24-7-6-23-10-24;1-8(20)26-13-5-3-4-11-15(13)18(23)16-12(17(11)22)6-10(19(24)25)7-14(16)27-9(2)21;12-7(10-3-1-8-5-10)11-4-2-9-6-11;2*1-2-5-3-4-1;1-2;2-1-3;/h4-9,17,20,23,25-26,28-29,31-32,37,39-40,42,44H,10H2,1-3H3,(H,33,34);3-10H,1-2H3;3-7H,1-2H3,(H,24,25);1,3-6H;2*1-3H,(H,4,5);1H3;;/q-1;;;+1;;;;;+1/t17-,20?,23+,25+,26-,28+,29-,31?,32?;;;;;;;;/m1......../s1/i;;;;;;1D;;. The van der Waals surface area contributed by atoms with Crippen LogP contribution >= 0.6 is 22.6 Å². The smallest absolute Gasteiger partial charge is 0.525 e. The van der Waals surface area contributed by atoms with E-state index < -0.39 is 162 Å². The average Bonchev–Trinajstić information content (AvgIpc) is 0.859. The van der Waals surface area contributed by atoms with Crippen LogP contribution in [0.25, 0.3) is 0 Å². The van der Waals surface area contributed by atoms with E-state index in [4.69, 9.17) is 58.3 Å². The topological polar surface area (TPSA) is 659 Å². The number of aliphatic hydroxyl groups excluding tert-OH is 5. The number of benzene rings is 6. The van der Waals surface area contributed by atoms with Crippen molar-refractivity contribution in [3.8, 4) is 34.5 Å². The van der Waals surface area contributed by atoms with Crippen LogP contribution in [0.2, 0.25) is 0 Å². The summed E-state index contributed by atoms with van der Waals surface area (Å²) in [6.07, 6.45) is 10.8. The van der Waals surface area contributed by atoms with Crippen molar-refractivity contribution in [3.05, 3.63) is 268 Å². The zero-order chi connectivity index (χ0) is 99.6. The number of aromatic nitrogens is 8. The molecule has 0 spiro atoms. The number of carboxylic acids is 1. The fourth-order valence-corrected chi connectivity index (χ4v) is 13.2. The van der Waals surface area contributed by atoms with Crippen LogP contribution in [-0.4, -0.2) is 254 Å². The molecule has 2 amide bonds. The van der Waals surface area contributed by atoms with Gasteiger partial charge in [0.2, 0.25) is 35.7 Å².